The molecule has 11 heteroatoms. The molecule has 0 saturated heterocycles. The van der Waals surface area contributed by atoms with E-state index in [1.807, 2.05) is 13.0 Å². The molecule has 172 valence electrons. The standard InChI is InChI=1S/C20H27NO10/c1-10-6-7-16-15(8-10)18(31-21(16)26)20(30-14(5)25)19(29-13(4)24)17(28-12(3)23)9-27-11(2)22/h6,15,17-20H,7-9H2,1-5H3/t15-,17+,18-,19-,20+/m0/s1. The van der Waals surface area contributed by atoms with Crippen LogP contribution >= 0.6 is 0 Å². The van der Waals surface area contributed by atoms with Crippen LogP contribution in [0.5, 0.6) is 0 Å². The first-order chi connectivity index (χ1) is 14.5. The fourth-order valence-electron chi connectivity index (χ4n) is 3.70. The number of esters is 4. The van der Waals surface area contributed by atoms with Crippen molar-refractivity contribution in [1.29, 1.82) is 0 Å². The van der Waals surface area contributed by atoms with E-state index >= 15 is 0 Å². The molecule has 2 rings (SSSR count). The van der Waals surface area contributed by atoms with E-state index in [9.17, 15) is 24.4 Å². The second-order valence-corrected chi connectivity index (χ2v) is 7.48. The molecule has 0 aromatic heterocycles. The summed E-state index contributed by atoms with van der Waals surface area (Å²) in [7, 11) is 0. The van der Waals surface area contributed by atoms with Crippen LogP contribution in [0.15, 0.2) is 11.6 Å². The summed E-state index contributed by atoms with van der Waals surface area (Å²) in [5, 5.41) is 12.3. The van der Waals surface area contributed by atoms with Gasteiger partial charge in [-0.3, -0.25) is 24.4 Å². The maximum absolute atomic E-state index is 12.3. The maximum Gasteiger partial charge on any atom is 0.303 e. The second kappa shape index (κ2) is 10.3. The van der Waals surface area contributed by atoms with Crippen molar-refractivity contribution in [2.45, 2.75) is 71.9 Å². The van der Waals surface area contributed by atoms with Crippen LogP contribution in [0.2, 0.25) is 0 Å². The third-order valence-corrected chi connectivity index (χ3v) is 4.86. The fraction of sp³-hybridized carbons (Fsp3) is 0.650. The Bertz CT molecular complexity index is 802. The molecule has 11 nitrogen and oxygen atoms in total. The fourth-order valence-corrected chi connectivity index (χ4v) is 3.70. The van der Waals surface area contributed by atoms with E-state index < -0.39 is 60.8 Å². The smallest absolute Gasteiger partial charge is 0.303 e. The largest absolute Gasteiger partial charge is 0.462 e. The Kier molecular flexibility index (Phi) is 8.01. The molecule has 0 N–H and O–H groups in total. The van der Waals surface area contributed by atoms with Crippen LogP contribution in [0.1, 0.15) is 47.5 Å². The molecule has 0 radical (unpaired) electrons. The van der Waals surface area contributed by atoms with E-state index in [4.69, 9.17) is 23.8 Å². The first-order valence-corrected chi connectivity index (χ1v) is 9.80. The van der Waals surface area contributed by atoms with Gasteiger partial charge in [0.2, 0.25) is 5.71 Å². The Labute approximate surface area is 179 Å². The topological polar surface area (TPSA) is 141 Å². The minimum atomic E-state index is -1.39. The molecule has 0 aromatic carbocycles. The van der Waals surface area contributed by atoms with E-state index in [0.717, 1.165) is 33.3 Å². The summed E-state index contributed by atoms with van der Waals surface area (Å²) in [4.78, 5) is 52.6. The lowest BCUT2D eigenvalue weighted by Gasteiger charge is -2.36. The molecule has 0 amide bonds. The van der Waals surface area contributed by atoms with E-state index in [1.165, 1.54) is 0 Å². The predicted octanol–water partition coefficient (Wildman–Crippen LogP) is 0.966. The van der Waals surface area contributed by atoms with Crippen molar-refractivity contribution in [3.05, 3.63) is 16.9 Å². The SMILES string of the molecule is CC(=O)OC[C@@H](OC(C)=O)[C@H](OC(C)=O)[C@H](OC(C)=O)[C@H]1O[N+]([O-])=C2CC=C(C)C[C@@H]21. The molecule has 0 spiro atoms. The average Bonchev–Trinajstić information content (AvgIpc) is 2.96. The van der Waals surface area contributed by atoms with E-state index in [2.05, 4.69) is 0 Å². The Morgan fingerprint density at radius 2 is 1.68 bits per heavy atom. The molecule has 1 heterocycles. The molecule has 5 atom stereocenters. The second-order valence-electron chi connectivity index (χ2n) is 7.48. The number of allylic oxidation sites excluding steroid dienone is 2. The van der Waals surface area contributed by atoms with Gasteiger partial charge < -0.3 is 23.8 Å². The van der Waals surface area contributed by atoms with Crippen molar-refractivity contribution in [3.8, 4) is 0 Å². The van der Waals surface area contributed by atoms with Crippen LogP contribution in [0.25, 0.3) is 0 Å². The van der Waals surface area contributed by atoms with Gasteiger partial charge in [0.15, 0.2) is 18.3 Å². The van der Waals surface area contributed by atoms with Gasteiger partial charge in [-0.25, -0.2) is 0 Å². The Morgan fingerprint density at radius 3 is 2.23 bits per heavy atom. The van der Waals surface area contributed by atoms with Crippen LogP contribution in [-0.4, -0.2) is 65.5 Å². The summed E-state index contributed by atoms with van der Waals surface area (Å²) < 4.78 is 21.0. The van der Waals surface area contributed by atoms with Crippen LogP contribution in [0.3, 0.4) is 0 Å². The quantitative estimate of drug-likeness (QED) is 0.231. The molecule has 2 aliphatic rings. The van der Waals surface area contributed by atoms with E-state index in [-0.39, 0.29) is 0 Å². The van der Waals surface area contributed by atoms with Crippen molar-refractivity contribution >= 4 is 29.6 Å². The zero-order chi connectivity index (χ0) is 23.3. The van der Waals surface area contributed by atoms with Gasteiger partial charge in [-0.05, 0) is 13.3 Å². The van der Waals surface area contributed by atoms with Crippen molar-refractivity contribution in [3.63, 3.8) is 0 Å². The summed E-state index contributed by atoms with van der Waals surface area (Å²) in [5.41, 5.74) is 1.46. The third-order valence-electron chi connectivity index (χ3n) is 4.86. The highest BCUT2D eigenvalue weighted by atomic mass is 16.9. The lowest BCUT2D eigenvalue weighted by molar-refractivity contribution is -0.743. The number of rotatable bonds is 8. The first kappa shape index (κ1) is 24.2. The number of hydrogen-bond donors (Lipinski definition) is 0. The molecule has 1 aliphatic carbocycles. The minimum Gasteiger partial charge on any atom is -0.462 e. The van der Waals surface area contributed by atoms with Crippen molar-refractivity contribution < 1.29 is 47.9 Å². The number of carbonyl (C=O) groups is 4. The average molecular weight is 441 g/mol. The Balaban J connectivity index is 2.44. The molecule has 0 saturated carbocycles. The summed E-state index contributed by atoms with van der Waals surface area (Å²) in [5.74, 6) is -3.33. The number of hydrogen-bond acceptors (Lipinski definition) is 10. The molecule has 31 heavy (non-hydrogen) atoms. The number of fused-ring (bicyclic) bond motifs is 1. The lowest BCUT2D eigenvalue weighted by Crippen LogP contribution is -2.54. The lowest BCUT2D eigenvalue weighted by atomic mass is 9.81. The van der Waals surface area contributed by atoms with Gasteiger partial charge in [0.1, 0.15) is 12.7 Å². The van der Waals surface area contributed by atoms with Gasteiger partial charge in [-0.15, -0.1) is 0 Å². The zero-order valence-corrected chi connectivity index (χ0v) is 18.1. The molecule has 1 aliphatic heterocycles. The molecule has 0 unspecified atom stereocenters. The van der Waals surface area contributed by atoms with Crippen LogP contribution in [0, 0.1) is 11.1 Å². The molecule has 0 aromatic rings. The molecule has 0 fully saturated rings. The number of nitrogens with zero attached hydrogens (tertiary/aromatic N) is 1. The maximum atomic E-state index is 12.3. The number of carbonyl (C=O) groups excluding carboxylic acids is 4. The van der Waals surface area contributed by atoms with Gasteiger partial charge in [0.25, 0.3) is 0 Å². The monoisotopic (exact) mass is 441 g/mol. The molecular formula is C20H27NO10. The Hall–Kier alpha value is -3.11. The molecular weight excluding hydrogens is 414 g/mol. The zero-order valence-electron chi connectivity index (χ0n) is 18.1. The van der Waals surface area contributed by atoms with Crippen LogP contribution < -0.4 is 0 Å². The summed E-state index contributed by atoms with van der Waals surface area (Å²) in [6, 6.07) is 0. The van der Waals surface area contributed by atoms with E-state index in [1.54, 1.807) is 0 Å². The van der Waals surface area contributed by atoms with E-state index in [0.29, 0.717) is 23.5 Å². The highest BCUT2D eigenvalue weighted by Gasteiger charge is 2.51. The van der Waals surface area contributed by atoms with Gasteiger partial charge in [0, 0.05) is 32.6 Å². The van der Waals surface area contributed by atoms with Gasteiger partial charge >= 0.3 is 23.9 Å². The summed E-state index contributed by atoms with van der Waals surface area (Å²) >= 11 is 0. The predicted molar refractivity (Wildman–Crippen MR) is 103 cm³/mol. The van der Waals surface area contributed by atoms with Crippen LogP contribution in [-0.2, 0) is 43.0 Å². The van der Waals surface area contributed by atoms with Gasteiger partial charge in [0.05, 0.1) is 12.3 Å². The van der Waals surface area contributed by atoms with Crippen LogP contribution in [0.4, 0.5) is 0 Å². The third kappa shape index (κ3) is 6.43. The van der Waals surface area contributed by atoms with Crippen molar-refractivity contribution in [2.24, 2.45) is 5.92 Å². The van der Waals surface area contributed by atoms with Crippen molar-refractivity contribution in [1.82, 2.24) is 0 Å². The highest BCUT2D eigenvalue weighted by Crippen LogP contribution is 2.35. The summed E-state index contributed by atoms with van der Waals surface area (Å²) in [6.45, 7) is 5.98. The minimum absolute atomic E-state index is 0.363. The normalized spacial score (nSPS) is 22.8. The van der Waals surface area contributed by atoms with Gasteiger partial charge in [-0.1, -0.05) is 11.6 Å². The number of ether oxygens (including phenoxy) is 4. The highest BCUT2D eigenvalue weighted by molar-refractivity contribution is 5.86. The first-order valence-electron chi connectivity index (χ1n) is 9.80. The van der Waals surface area contributed by atoms with Crippen molar-refractivity contribution in [2.75, 3.05) is 6.61 Å². The molecule has 0 bridgehead atoms. The summed E-state index contributed by atoms with van der Waals surface area (Å²) in [6.07, 6.45) is -2.30. The van der Waals surface area contributed by atoms with Gasteiger partial charge in [-0.2, -0.15) is 0 Å². The Morgan fingerprint density at radius 1 is 1.06 bits per heavy atom.